The van der Waals surface area contributed by atoms with Gasteiger partial charge in [0.05, 0.1) is 37.4 Å². The number of aromatic nitrogens is 2. The predicted molar refractivity (Wildman–Crippen MR) is 276 cm³/mol. The van der Waals surface area contributed by atoms with Gasteiger partial charge in [-0.15, -0.1) is 17.7 Å². The van der Waals surface area contributed by atoms with Gasteiger partial charge >= 0.3 is 0 Å². The van der Waals surface area contributed by atoms with E-state index in [4.69, 9.17) is 4.42 Å². The van der Waals surface area contributed by atoms with Crippen LogP contribution in [0.4, 0.5) is 0 Å². The summed E-state index contributed by atoms with van der Waals surface area (Å²) in [6, 6.07) is 39.0. The number of rotatable bonds is 9. The zero-order valence-corrected chi connectivity index (χ0v) is 44.1. The first-order chi connectivity index (χ1) is 30.3. The molecule has 3 heterocycles. The molecule has 0 spiro atoms. The Balaban J connectivity index is 0.000000214. The van der Waals surface area contributed by atoms with Crippen LogP contribution in [0.1, 0.15) is 92.3 Å². The van der Waals surface area contributed by atoms with Gasteiger partial charge in [-0.3, -0.25) is 0 Å². The quantitative estimate of drug-likeness (QED) is 0.0802. The Morgan fingerprint density at radius 3 is 1.94 bits per heavy atom. The van der Waals surface area contributed by atoms with Gasteiger partial charge in [-0.05, 0) is 89.1 Å². The summed E-state index contributed by atoms with van der Waals surface area (Å²) >= 11 is 0. The molecule has 8 aromatic rings. The Labute approximate surface area is 405 Å². The van der Waals surface area contributed by atoms with Gasteiger partial charge in [-0.1, -0.05) is 162 Å². The molecular weight excluding hydrogens is 985 g/mol. The average molecular weight is 1050 g/mol. The van der Waals surface area contributed by atoms with Crippen LogP contribution in [0.25, 0.3) is 66.7 Å². The summed E-state index contributed by atoms with van der Waals surface area (Å²) in [6.07, 6.45) is 7.63. The molecule has 0 saturated heterocycles. The predicted octanol–water partition coefficient (Wildman–Crippen LogP) is 15.1. The van der Waals surface area contributed by atoms with Crippen molar-refractivity contribution in [2.24, 2.45) is 5.41 Å². The summed E-state index contributed by atoms with van der Waals surface area (Å²) in [7, 11) is 7.18. The second-order valence-corrected chi connectivity index (χ2v) is 25.1. The molecule has 339 valence electrons. The van der Waals surface area contributed by atoms with E-state index in [-0.39, 0.29) is 25.5 Å². The zero-order valence-electron chi connectivity index (χ0n) is 40.7. The van der Waals surface area contributed by atoms with Gasteiger partial charge < -0.3 is 13.6 Å². The van der Waals surface area contributed by atoms with Crippen LogP contribution in [0.2, 0.25) is 19.6 Å². The second kappa shape index (κ2) is 19.6. The fourth-order valence-electron chi connectivity index (χ4n) is 9.63. The fraction of sp³-hybridized carbons (Fsp3) is 0.267. The zero-order chi connectivity index (χ0) is 46.2. The van der Waals surface area contributed by atoms with Crippen molar-refractivity contribution in [3.8, 4) is 44.8 Å². The summed E-state index contributed by atoms with van der Waals surface area (Å²) in [5, 5.41) is 3.77. The molecule has 0 N–H and O–H groups in total. The molecule has 5 aromatic carbocycles. The summed E-state index contributed by atoms with van der Waals surface area (Å²) < 4.78 is 10.6. The molecule has 0 fully saturated rings. The van der Waals surface area contributed by atoms with Crippen molar-refractivity contribution in [3.05, 3.63) is 188 Å². The van der Waals surface area contributed by atoms with E-state index < -0.39 is 8.07 Å². The van der Waals surface area contributed by atoms with Gasteiger partial charge in [0.15, 0.2) is 0 Å². The van der Waals surface area contributed by atoms with Crippen molar-refractivity contribution >= 4 is 35.2 Å². The van der Waals surface area contributed by atoms with Crippen LogP contribution in [-0.2, 0) is 26.5 Å². The number of pyridine rings is 2. The smallest absolute Gasteiger partial charge is 0.134 e. The summed E-state index contributed by atoms with van der Waals surface area (Å²) in [4.78, 5) is 0. The number of hydrogen-bond acceptors (Lipinski definition) is 1. The van der Waals surface area contributed by atoms with Crippen molar-refractivity contribution in [2.45, 2.75) is 100 Å². The molecule has 65 heavy (non-hydrogen) atoms. The third-order valence-corrected chi connectivity index (χ3v) is 14.9. The molecule has 0 aliphatic heterocycles. The van der Waals surface area contributed by atoms with Crippen LogP contribution < -0.4 is 14.3 Å². The normalized spacial score (nSPS) is 11.8. The first-order valence-corrected chi connectivity index (χ1v) is 26.5. The van der Waals surface area contributed by atoms with Crippen LogP contribution in [0, 0.1) is 54.1 Å². The van der Waals surface area contributed by atoms with E-state index in [1.165, 1.54) is 55.3 Å². The topological polar surface area (TPSA) is 20.9 Å². The molecule has 1 radical (unpaired) electrons. The molecule has 0 bridgehead atoms. The number of hydrogen-bond donors (Lipinski definition) is 0. The van der Waals surface area contributed by atoms with E-state index in [1.54, 1.807) is 0 Å². The number of fused-ring (bicyclic) bond motifs is 3. The largest absolute Gasteiger partial charge is 0.469 e. The number of benzene rings is 5. The van der Waals surface area contributed by atoms with Crippen molar-refractivity contribution < 1.29 is 33.7 Å². The Bertz CT molecular complexity index is 2960. The Morgan fingerprint density at radius 1 is 0.646 bits per heavy atom. The van der Waals surface area contributed by atoms with Crippen LogP contribution in [-0.4, -0.2) is 8.07 Å². The average Bonchev–Trinajstić information content (AvgIpc) is 3.62. The number of nitrogens with zero attached hydrogens (tertiary/aromatic N) is 2. The van der Waals surface area contributed by atoms with Crippen LogP contribution in [0.3, 0.4) is 0 Å². The molecule has 0 saturated carbocycles. The third-order valence-electron chi connectivity index (χ3n) is 12.9. The SMILES string of the molecule is [CH2-]c1cc(C)c(-c2ccccc2)cc1-c1cc(CC(C)(C)C)c([Si](C)(C)C)c[n+]1[CH2-].[CH2-]c1ccc2c(oc3cccc(-c4c(C)cccc4C)c32)c1-c1cc(C(CC)CC)cc[n+]1[CH2-].[Ir]. The first kappa shape index (κ1) is 49.0. The van der Waals surface area contributed by atoms with Crippen molar-refractivity contribution in [1.82, 2.24) is 0 Å². The minimum atomic E-state index is -1.50. The van der Waals surface area contributed by atoms with Gasteiger partial charge in [-0.2, -0.15) is 37.1 Å². The maximum atomic E-state index is 6.59. The summed E-state index contributed by atoms with van der Waals surface area (Å²) in [6.45, 7) is 34.0. The maximum absolute atomic E-state index is 6.59. The molecule has 0 atom stereocenters. The van der Waals surface area contributed by atoms with Gasteiger partial charge in [0.25, 0.3) is 0 Å². The molecule has 0 aliphatic rings. The first-order valence-electron chi connectivity index (χ1n) is 23.0. The Morgan fingerprint density at radius 2 is 1.31 bits per heavy atom. The fourth-order valence-corrected chi connectivity index (χ4v) is 11.3. The van der Waals surface area contributed by atoms with E-state index in [9.17, 15) is 0 Å². The van der Waals surface area contributed by atoms with Crippen LogP contribution in [0.15, 0.2) is 126 Å². The number of aryl methyl sites for hydroxylation is 3. The monoisotopic (exact) mass is 1050 g/mol. The molecule has 8 rings (SSSR count). The molecule has 5 heteroatoms. The van der Waals surface area contributed by atoms with Crippen molar-refractivity contribution in [2.75, 3.05) is 0 Å². The van der Waals surface area contributed by atoms with Gasteiger partial charge in [-0.25, -0.2) is 0 Å². The number of furan rings is 1. The molecule has 0 amide bonds. The second-order valence-electron chi connectivity index (χ2n) is 20.1. The van der Waals surface area contributed by atoms with Gasteiger partial charge in [0.1, 0.15) is 5.58 Å². The van der Waals surface area contributed by atoms with E-state index in [1.807, 2.05) is 4.57 Å². The van der Waals surface area contributed by atoms with E-state index in [0.717, 1.165) is 74.8 Å². The molecule has 0 unspecified atom stereocenters. The van der Waals surface area contributed by atoms with Gasteiger partial charge in [0.2, 0.25) is 0 Å². The minimum absolute atomic E-state index is 0. The molecule has 3 aromatic heterocycles. The Kier molecular flexibility index (Phi) is 14.7. The van der Waals surface area contributed by atoms with E-state index in [2.05, 4.69) is 229 Å². The summed E-state index contributed by atoms with van der Waals surface area (Å²) in [5.74, 6) is 0.527. The van der Waals surface area contributed by atoms with E-state index >= 15 is 0 Å². The van der Waals surface area contributed by atoms with Gasteiger partial charge in [0, 0.05) is 45.0 Å². The van der Waals surface area contributed by atoms with E-state index in [0.29, 0.717) is 5.92 Å². The Hall–Kier alpha value is -5.45. The molecule has 0 aliphatic carbocycles. The molecule has 3 nitrogen and oxygen atoms in total. The standard InChI is InChI=1S/C32H32NO.C28H36NSi.Ir/c1-7-23(8-2)24-17-18-33(6)27(19-24)30-22(5)15-16-26-31-25(13-10-14-28(31)34-32(26)30)29-20(3)11-9-12-21(29)4;1-20-15-21(2)25(17-24(20)22-13-11-10-12-14-22)26-16-23(18-28(3,4)5)27(19-29(26)6)30(7,8)9;/h9-19,23H,5-8H2,1-4H3;10-17,19H,2,6,18H2,1,3-5,7-9H3;/q2*-1;. The maximum Gasteiger partial charge on any atom is 0.134 e. The minimum Gasteiger partial charge on any atom is -0.469 e. The van der Waals surface area contributed by atoms with Crippen molar-refractivity contribution in [3.63, 3.8) is 0 Å². The van der Waals surface area contributed by atoms with Crippen LogP contribution >= 0.6 is 0 Å². The van der Waals surface area contributed by atoms with Crippen LogP contribution in [0.5, 0.6) is 0 Å². The van der Waals surface area contributed by atoms with Crippen molar-refractivity contribution in [1.29, 1.82) is 0 Å². The third kappa shape index (κ3) is 10.2. The summed E-state index contributed by atoms with van der Waals surface area (Å²) in [5.41, 5.74) is 19.9. The molecular formula is C60H68IrN2OSi-2.